The molecule has 1 aromatic rings. The van der Waals surface area contributed by atoms with Crippen molar-refractivity contribution in [2.75, 3.05) is 44.4 Å². The minimum absolute atomic E-state index is 0.852. The zero-order valence-corrected chi connectivity index (χ0v) is 13.0. The Bertz CT molecular complexity index is 386. The van der Waals surface area contributed by atoms with Crippen LogP contribution >= 0.6 is 0 Å². The van der Waals surface area contributed by atoms with Crippen LogP contribution in [-0.2, 0) is 0 Å². The van der Waals surface area contributed by atoms with Gasteiger partial charge in [0.25, 0.3) is 0 Å². The Morgan fingerprint density at radius 2 is 1.90 bits per heavy atom. The molecule has 0 aliphatic carbocycles. The second-order valence-electron chi connectivity index (χ2n) is 6.34. The lowest BCUT2D eigenvalue weighted by molar-refractivity contribution is 0.384. The standard InChI is InChI=1S/C17H29N3/c1-19(2)12-5-3-4-6-15-11-13-20(14-15)17-9-7-16(18)8-10-17/h7-10,15H,3-6,11-14,18H2,1-2H3. The summed E-state index contributed by atoms with van der Waals surface area (Å²) in [7, 11) is 4.31. The van der Waals surface area contributed by atoms with E-state index in [1.165, 1.54) is 57.4 Å². The Morgan fingerprint density at radius 3 is 2.60 bits per heavy atom. The van der Waals surface area contributed by atoms with E-state index in [0.717, 1.165) is 11.6 Å². The summed E-state index contributed by atoms with van der Waals surface area (Å²) in [5, 5.41) is 0. The Kier molecular flexibility index (Phi) is 5.72. The lowest BCUT2D eigenvalue weighted by Crippen LogP contribution is -2.19. The molecule has 1 heterocycles. The van der Waals surface area contributed by atoms with E-state index in [4.69, 9.17) is 5.73 Å². The van der Waals surface area contributed by atoms with E-state index < -0.39 is 0 Å². The highest BCUT2D eigenvalue weighted by Gasteiger charge is 2.21. The van der Waals surface area contributed by atoms with Crippen LogP contribution < -0.4 is 10.6 Å². The normalized spacial score (nSPS) is 18.9. The molecule has 3 heteroatoms. The molecule has 1 fully saturated rings. The van der Waals surface area contributed by atoms with E-state index in [9.17, 15) is 0 Å². The number of nitrogen functional groups attached to an aromatic ring is 1. The molecule has 1 saturated heterocycles. The van der Waals surface area contributed by atoms with Crippen molar-refractivity contribution in [3.05, 3.63) is 24.3 Å². The van der Waals surface area contributed by atoms with Gasteiger partial charge in [-0.05, 0) is 70.1 Å². The summed E-state index contributed by atoms with van der Waals surface area (Å²) in [4.78, 5) is 4.78. The number of unbranched alkanes of at least 4 members (excludes halogenated alkanes) is 2. The van der Waals surface area contributed by atoms with E-state index in [1.807, 2.05) is 12.1 Å². The highest BCUT2D eigenvalue weighted by Crippen LogP contribution is 2.27. The van der Waals surface area contributed by atoms with Crippen molar-refractivity contribution in [3.8, 4) is 0 Å². The zero-order valence-electron chi connectivity index (χ0n) is 13.0. The molecule has 1 unspecified atom stereocenters. The molecule has 1 aromatic carbocycles. The highest BCUT2D eigenvalue weighted by molar-refractivity contribution is 5.53. The van der Waals surface area contributed by atoms with Gasteiger partial charge in [0.05, 0.1) is 0 Å². The first kappa shape index (κ1) is 15.2. The van der Waals surface area contributed by atoms with Gasteiger partial charge < -0.3 is 15.5 Å². The second kappa shape index (κ2) is 7.53. The third-order valence-corrected chi connectivity index (χ3v) is 4.26. The molecule has 20 heavy (non-hydrogen) atoms. The molecule has 2 rings (SSSR count). The molecule has 2 N–H and O–H groups in total. The van der Waals surface area contributed by atoms with E-state index in [2.05, 4.69) is 36.0 Å². The number of hydrogen-bond acceptors (Lipinski definition) is 3. The van der Waals surface area contributed by atoms with Crippen LogP contribution in [0.4, 0.5) is 11.4 Å². The van der Waals surface area contributed by atoms with Crippen LogP contribution in [0.15, 0.2) is 24.3 Å². The molecule has 112 valence electrons. The smallest absolute Gasteiger partial charge is 0.0367 e. The molecular weight excluding hydrogens is 246 g/mol. The number of nitrogens with zero attached hydrogens (tertiary/aromatic N) is 2. The first-order valence-corrected chi connectivity index (χ1v) is 7.90. The largest absolute Gasteiger partial charge is 0.399 e. The molecule has 0 radical (unpaired) electrons. The molecule has 1 aliphatic rings. The van der Waals surface area contributed by atoms with Crippen LogP contribution in [0, 0.1) is 5.92 Å². The maximum absolute atomic E-state index is 5.75. The molecule has 0 saturated carbocycles. The second-order valence-corrected chi connectivity index (χ2v) is 6.34. The van der Waals surface area contributed by atoms with Crippen molar-refractivity contribution in [1.82, 2.24) is 4.90 Å². The molecule has 1 aliphatic heterocycles. The van der Waals surface area contributed by atoms with E-state index >= 15 is 0 Å². The third kappa shape index (κ3) is 4.71. The molecule has 3 nitrogen and oxygen atoms in total. The van der Waals surface area contributed by atoms with Gasteiger partial charge in [-0.15, -0.1) is 0 Å². The van der Waals surface area contributed by atoms with Gasteiger partial charge in [0.15, 0.2) is 0 Å². The number of hydrogen-bond donors (Lipinski definition) is 1. The quantitative estimate of drug-likeness (QED) is 0.612. The molecule has 0 bridgehead atoms. The summed E-state index contributed by atoms with van der Waals surface area (Å²) in [6.45, 7) is 3.64. The first-order chi connectivity index (χ1) is 9.65. The van der Waals surface area contributed by atoms with Gasteiger partial charge in [-0.3, -0.25) is 0 Å². The van der Waals surface area contributed by atoms with E-state index in [0.29, 0.717) is 0 Å². The zero-order chi connectivity index (χ0) is 14.4. The lowest BCUT2D eigenvalue weighted by atomic mass is 10.0. The van der Waals surface area contributed by atoms with Gasteiger partial charge in [0.2, 0.25) is 0 Å². The predicted octanol–water partition coefficient (Wildman–Crippen LogP) is 3.22. The number of nitrogens with two attached hydrogens (primary N) is 1. The summed E-state index contributed by atoms with van der Waals surface area (Å²) in [5.41, 5.74) is 7.93. The molecule has 0 spiro atoms. The Morgan fingerprint density at radius 1 is 1.15 bits per heavy atom. The van der Waals surface area contributed by atoms with Gasteiger partial charge in [0.1, 0.15) is 0 Å². The SMILES string of the molecule is CN(C)CCCCCC1CCN(c2ccc(N)cc2)C1. The molecular formula is C17H29N3. The minimum atomic E-state index is 0.852. The fraction of sp³-hybridized carbons (Fsp3) is 0.647. The van der Waals surface area contributed by atoms with E-state index in [1.54, 1.807) is 0 Å². The van der Waals surface area contributed by atoms with Crippen LogP contribution in [0.25, 0.3) is 0 Å². The van der Waals surface area contributed by atoms with Gasteiger partial charge in [0, 0.05) is 24.5 Å². The summed E-state index contributed by atoms with van der Waals surface area (Å²) >= 11 is 0. The fourth-order valence-electron chi connectivity index (χ4n) is 3.03. The molecule has 0 aromatic heterocycles. The minimum Gasteiger partial charge on any atom is -0.399 e. The average molecular weight is 275 g/mol. The predicted molar refractivity (Wildman–Crippen MR) is 88.2 cm³/mol. The Labute approximate surface area is 123 Å². The van der Waals surface area contributed by atoms with Crippen molar-refractivity contribution in [2.24, 2.45) is 5.92 Å². The monoisotopic (exact) mass is 275 g/mol. The lowest BCUT2D eigenvalue weighted by Gasteiger charge is -2.19. The number of benzene rings is 1. The van der Waals surface area contributed by atoms with Crippen LogP contribution in [-0.4, -0.2) is 38.6 Å². The van der Waals surface area contributed by atoms with Gasteiger partial charge in [-0.25, -0.2) is 0 Å². The van der Waals surface area contributed by atoms with Gasteiger partial charge >= 0.3 is 0 Å². The third-order valence-electron chi connectivity index (χ3n) is 4.26. The van der Waals surface area contributed by atoms with Crippen molar-refractivity contribution >= 4 is 11.4 Å². The van der Waals surface area contributed by atoms with Crippen LogP contribution in [0.3, 0.4) is 0 Å². The summed E-state index contributed by atoms with van der Waals surface area (Å²) in [6.07, 6.45) is 6.82. The topological polar surface area (TPSA) is 32.5 Å². The molecule has 0 amide bonds. The van der Waals surface area contributed by atoms with Gasteiger partial charge in [-0.2, -0.15) is 0 Å². The molecule has 1 atom stereocenters. The van der Waals surface area contributed by atoms with Crippen molar-refractivity contribution in [1.29, 1.82) is 0 Å². The van der Waals surface area contributed by atoms with E-state index in [-0.39, 0.29) is 0 Å². The summed E-state index contributed by atoms with van der Waals surface area (Å²) < 4.78 is 0. The average Bonchev–Trinajstić information content (AvgIpc) is 2.87. The van der Waals surface area contributed by atoms with Crippen molar-refractivity contribution in [3.63, 3.8) is 0 Å². The number of rotatable bonds is 7. The van der Waals surface area contributed by atoms with Crippen molar-refractivity contribution in [2.45, 2.75) is 32.1 Å². The van der Waals surface area contributed by atoms with Crippen molar-refractivity contribution < 1.29 is 0 Å². The maximum atomic E-state index is 5.75. The first-order valence-electron chi connectivity index (χ1n) is 7.90. The Balaban J connectivity index is 1.66. The maximum Gasteiger partial charge on any atom is 0.0367 e. The van der Waals surface area contributed by atoms with Gasteiger partial charge in [-0.1, -0.05) is 12.8 Å². The fourth-order valence-corrected chi connectivity index (χ4v) is 3.03. The van der Waals surface area contributed by atoms with Crippen LogP contribution in [0.5, 0.6) is 0 Å². The highest BCUT2D eigenvalue weighted by atomic mass is 15.1. The Hall–Kier alpha value is -1.22. The van der Waals surface area contributed by atoms with Crippen LogP contribution in [0.1, 0.15) is 32.1 Å². The number of anilines is 2. The summed E-state index contributed by atoms with van der Waals surface area (Å²) in [6, 6.07) is 8.30. The summed E-state index contributed by atoms with van der Waals surface area (Å²) in [5.74, 6) is 0.881. The van der Waals surface area contributed by atoms with Crippen LogP contribution in [0.2, 0.25) is 0 Å².